The molecule has 0 saturated carbocycles. The summed E-state index contributed by atoms with van der Waals surface area (Å²) in [5, 5.41) is 11.1. The molecule has 0 aliphatic carbocycles. The van der Waals surface area contributed by atoms with E-state index in [1.807, 2.05) is 31.2 Å². The van der Waals surface area contributed by atoms with E-state index in [0.717, 1.165) is 38.7 Å². The summed E-state index contributed by atoms with van der Waals surface area (Å²) in [6.07, 6.45) is 3.91. The second kappa shape index (κ2) is 8.53. The van der Waals surface area contributed by atoms with Crippen LogP contribution >= 0.6 is 35.3 Å². The number of halogens is 1. The normalized spacial score (nSPS) is 15.5. The molecule has 1 N–H and O–H groups in total. The Morgan fingerprint density at radius 2 is 2.13 bits per heavy atom. The fourth-order valence-corrected chi connectivity index (χ4v) is 3.45. The summed E-state index contributed by atoms with van der Waals surface area (Å²) < 4.78 is 1.82. The second-order valence-electron chi connectivity index (χ2n) is 5.35. The Morgan fingerprint density at radius 3 is 2.70 bits per heavy atom. The number of thiophene rings is 1. The number of hydrogen-bond donors (Lipinski definition) is 1. The van der Waals surface area contributed by atoms with E-state index in [1.54, 1.807) is 11.3 Å². The highest BCUT2D eigenvalue weighted by Gasteiger charge is 2.20. The van der Waals surface area contributed by atoms with Crippen LogP contribution < -0.4 is 10.2 Å². The smallest absolute Gasteiger partial charge is 0.194 e. The summed E-state index contributed by atoms with van der Waals surface area (Å²) in [4.78, 5) is 9.17. The van der Waals surface area contributed by atoms with E-state index >= 15 is 0 Å². The van der Waals surface area contributed by atoms with Gasteiger partial charge in [0.15, 0.2) is 5.96 Å². The molecular formula is C15H23IN6S. The third-order valence-corrected chi connectivity index (χ3v) is 4.75. The van der Waals surface area contributed by atoms with Crippen LogP contribution in [0.2, 0.25) is 0 Å². The van der Waals surface area contributed by atoms with Crippen LogP contribution in [-0.4, -0.2) is 53.9 Å². The van der Waals surface area contributed by atoms with Crippen molar-refractivity contribution < 1.29 is 0 Å². The van der Waals surface area contributed by atoms with Gasteiger partial charge in [-0.3, -0.25) is 9.67 Å². The molecule has 1 fully saturated rings. The fraction of sp³-hybridized carbons (Fsp3) is 0.467. The maximum absolute atomic E-state index is 4.41. The van der Waals surface area contributed by atoms with Crippen molar-refractivity contribution in [2.45, 2.75) is 6.54 Å². The first-order valence-corrected chi connectivity index (χ1v) is 8.36. The molecule has 0 unspecified atom stereocenters. The number of anilines is 1. The van der Waals surface area contributed by atoms with Crippen LogP contribution in [0.3, 0.4) is 0 Å². The van der Waals surface area contributed by atoms with Crippen LogP contribution in [-0.2, 0) is 13.6 Å². The molecule has 126 valence electrons. The van der Waals surface area contributed by atoms with Gasteiger partial charge in [0.1, 0.15) is 0 Å². The summed E-state index contributed by atoms with van der Waals surface area (Å²) in [7, 11) is 3.78. The quantitative estimate of drug-likeness (QED) is 0.445. The maximum atomic E-state index is 4.41. The van der Waals surface area contributed by atoms with E-state index in [4.69, 9.17) is 0 Å². The first-order chi connectivity index (χ1) is 10.8. The summed E-state index contributed by atoms with van der Waals surface area (Å²) in [5.41, 5.74) is 1.17. The minimum Gasteiger partial charge on any atom is -0.360 e. The van der Waals surface area contributed by atoms with Crippen molar-refractivity contribution >= 4 is 46.3 Å². The van der Waals surface area contributed by atoms with Gasteiger partial charge in [0.25, 0.3) is 0 Å². The largest absolute Gasteiger partial charge is 0.360 e. The Kier molecular flexibility index (Phi) is 6.70. The van der Waals surface area contributed by atoms with Crippen LogP contribution in [0.5, 0.6) is 0 Å². The molecule has 3 rings (SSSR count). The van der Waals surface area contributed by atoms with Gasteiger partial charge in [-0.2, -0.15) is 5.10 Å². The minimum atomic E-state index is 0. The molecule has 1 aliphatic rings. The lowest BCUT2D eigenvalue weighted by atomic mass is 10.3. The molecule has 0 radical (unpaired) electrons. The van der Waals surface area contributed by atoms with E-state index in [1.165, 1.54) is 10.6 Å². The second-order valence-corrected chi connectivity index (χ2v) is 6.27. The van der Waals surface area contributed by atoms with E-state index in [2.05, 4.69) is 42.7 Å². The molecule has 0 bridgehead atoms. The van der Waals surface area contributed by atoms with Crippen LogP contribution in [0.4, 0.5) is 5.00 Å². The topological polar surface area (TPSA) is 48.7 Å². The number of nitrogens with one attached hydrogen (secondary N) is 1. The van der Waals surface area contributed by atoms with Crippen LogP contribution in [0.1, 0.15) is 5.56 Å². The Morgan fingerprint density at radius 1 is 1.35 bits per heavy atom. The van der Waals surface area contributed by atoms with Gasteiger partial charge >= 0.3 is 0 Å². The molecular weight excluding hydrogens is 423 g/mol. The number of aryl methyl sites for hydroxylation is 1. The number of rotatable bonds is 3. The lowest BCUT2D eigenvalue weighted by Gasteiger charge is -2.37. The van der Waals surface area contributed by atoms with Crippen LogP contribution in [0.15, 0.2) is 34.9 Å². The van der Waals surface area contributed by atoms with Crippen molar-refractivity contribution in [3.05, 3.63) is 35.5 Å². The molecule has 6 nitrogen and oxygen atoms in total. The maximum Gasteiger partial charge on any atom is 0.194 e. The molecule has 2 aromatic rings. The van der Waals surface area contributed by atoms with Gasteiger partial charge in [0.05, 0.1) is 11.2 Å². The van der Waals surface area contributed by atoms with Crippen molar-refractivity contribution in [2.75, 3.05) is 38.1 Å². The first kappa shape index (κ1) is 18.1. The molecule has 1 aliphatic heterocycles. The molecule has 8 heteroatoms. The molecule has 0 amide bonds. The molecule has 1 saturated heterocycles. The van der Waals surface area contributed by atoms with Gasteiger partial charge < -0.3 is 15.1 Å². The van der Waals surface area contributed by atoms with Gasteiger partial charge in [-0.15, -0.1) is 35.3 Å². The number of aromatic nitrogens is 2. The minimum absolute atomic E-state index is 0. The van der Waals surface area contributed by atoms with Crippen molar-refractivity contribution in [1.82, 2.24) is 20.0 Å². The number of hydrogen-bond acceptors (Lipinski definition) is 4. The predicted octanol–water partition coefficient (Wildman–Crippen LogP) is 2.00. The van der Waals surface area contributed by atoms with Gasteiger partial charge in [-0.05, 0) is 17.5 Å². The third-order valence-electron chi connectivity index (χ3n) is 3.82. The number of nitrogens with zero attached hydrogens (tertiary/aromatic N) is 5. The molecule has 2 aromatic heterocycles. The van der Waals surface area contributed by atoms with E-state index in [-0.39, 0.29) is 24.0 Å². The monoisotopic (exact) mass is 446 g/mol. The molecule has 0 spiro atoms. The predicted molar refractivity (Wildman–Crippen MR) is 107 cm³/mol. The highest BCUT2D eigenvalue weighted by atomic mass is 127. The van der Waals surface area contributed by atoms with E-state index in [9.17, 15) is 0 Å². The average molecular weight is 446 g/mol. The first-order valence-electron chi connectivity index (χ1n) is 7.48. The van der Waals surface area contributed by atoms with Gasteiger partial charge in [-0.25, -0.2) is 0 Å². The number of piperazine rings is 1. The van der Waals surface area contributed by atoms with Gasteiger partial charge in [0, 0.05) is 58.6 Å². The fourth-order valence-electron chi connectivity index (χ4n) is 2.67. The summed E-state index contributed by atoms with van der Waals surface area (Å²) >= 11 is 1.81. The SMILES string of the molecule is CN=C(NCc1cnn(C)c1)N1CCN(c2cccs2)CC1.I. The Bertz CT molecular complexity index is 616. The number of aliphatic imine (C=N–C) groups is 1. The number of guanidine groups is 1. The van der Waals surface area contributed by atoms with Crippen molar-refractivity contribution in [1.29, 1.82) is 0 Å². The molecule has 23 heavy (non-hydrogen) atoms. The molecule has 0 aromatic carbocycles. The average Bonchev–Trinajstić information content (AvgIpc) is 3.20. The van der Waals surface area contributed by atoms with Crippen LogP contribution in [0, 0.1) is 0 Å². The molecule has 3 heterocycles. The van der Waals surface area contributed by atoms with Gasteiger partial charge in [0.2, 0.25) is 0 Å². The van der Waals surface area contributed by atoms with Gasteiger partial charge in [-0.1, -0.05) is 0 Å². The standard InChI is InChI=1S/C15H22N6S.HI/c1-16-15(17-10-13-11-18-19(2)12-13)21-7-5-20(6-8-21)14-4-3-9-22-14;/h3-4,9,11-12H,5-8,10H2,1-2H3,(H,16,17);1H. The highest BCUT2D eigenvalue weighted by molar-refractivity contribution is 14.0. The summed E-state index contributed by atoms with van der Waals surface area (Å²) in [6.45, 7) is 4.81. The summed E-state index contributed by atoms with van der Waals surface area (Å²) in [6, 6.07) is 4.30. The van der Waals surface area contributed by atoms with Crippen molar-refractivity contribution in [2.24, 2.45) is 12.0 Å². The highest BCUT2D eigenvalue weighted by Crippen LogP contribution is 2.22. The third kappa shape index (κ3) is 4.60. The summed E-state index contributed by atoms with van der Waals surface area (Å²) in [5.74, 6) is 0.967. The van der Waals surface area contributed by atoms with E-state index in [0.29, 0.717) is 0 Å². The zero-order valence-electron chi connectivity index (χ0n) is 13.5. The van der Waals surface area contributed by atoms with Crippen molar-refractivity contribution in [3.8, 4) is 0 Å². The van der Waals surface area contributed by atoms with E-state index < -0.39 is 0 Å². The van der Waals surface area contributed by atoms with Crippen molar-refractivity contribution in [3.63, 3.8) is 0 Å². The Labute approximate surface area is 158 Å². The Hall–Kier alpha value is -1.29. The van der Waals surface area contributed by atoms with Crippen LogP contribution in [0.25, 0.3) is 0 Å². The zero-order valence-corrected chi connectivity index (χ0v) is 16.6. The zero-order chi connectivity index (χ0) is 15.4. The Balaban J connectivity index is 0.00000192. The molecule has 0 atom stereocenters. The lowest BCUT2D eigenvalue weighted by molar-refractivity contribution is 0.373. The lowest BCUT2D eigenvalue weighted by Crippen LogP contribution is -2.52.